The van der Waals surface area contributed by atoms with Crippen LogP contribution in [0.3, 0.4) is 0 Å². The van der Waals surface area contributed by atoms with Crippen molar-refractivity contribution in [2.24, 2.45) is 11.1 Å². The molecule has 1 aromatic rings. The lowest BCUT2D eigenvalue weighted by Gasteiger charge is -2.19. The van der Waals surface area contributed by atoms with Gasteiger partial charge in [-0.25, -0.2) is 0 Å². The minimum Gasteiger partial charge on any atom is -0.369 e. The number of carbonyl (C=O) groups is 2. The molecule has 1 rings (SSSR count). The van der Waals surface area contributed by atoms with E-state index in [4.69, 9.17) is 5.73 Å². The summed E-state index contributed by atoms with van der Waals surface area (Å²) < 4.78 is 0. The van der Waals surface area contributed by atoms with E-state index in [0.29, 0.717) is 5.69 Å². The molecule has 3 N–H and O–H groups in total. The van der Waals surface area contributed by atoms with Gasteiger partial charge in [0, 0.05) is 12.1 Å². The van der Waals surface area contributed by atoms with Gasteiger partial charge < -0.3 is 11.1 Å². The van der Waals surface area contributed by atoms with E-state index < -0.39 is 11.3 Å². The highest BCUT2D eigenvalue weighted by atomic mass is 16.2. The lowest BCUT2D eigenvalue weighted by molar-refractivity contribution is -0.130. The molecule has 0 aromatic heterocycles. The molecule has 0 unspecified atom stereocenters. The zero-order valence-corrected chi connectivity index (χ0v) is 9.49. The largest absolute Gasteiger partial charge is 0.369 e. The fourth-order valence-corrected chi connectivity index (χ4v) is 1.22. The van der Waals surface area contributed by atoms with Crippen LogP contribution in [0.4, 0.5) is 5.69 Å². The van der Waals surface area contributed by atoms with Crippen LogP contribution in [0.25, 0.3) is 0 Å². The quantitative estimate of drug-likeness (QED) is 0.807. The number of amides is 2. The van der Waals surface area contributed by atoms with Crippen LogP contribution in [-0.4, -0.2) is 11.8 Å². The van der Waals surface area contributed by atoms with E-state index in [9.17, 15) is 9.59 Å². The Balaban J connectivity index is 2.58. The molecule has 0 spiro atoms. The fraction of sp³-hybridized carbons (Fsp3) is 0.333. The van der Waals surface area contributed by atoms with Gasteiger partial charge >= 0.3 is 0 Å². The number of carbonyl (C=O) groups excluding carboxylic acids is 2. The number of rotatable bonds is 4. The SMILES string of the molecule is CC(C)(CC(=O)Nc1ccccc1)C(N)=O. The molecule has 0 aliphatic rings. The maximum Gasteiger partial charge on any atom is 0.225 e. The highest BCUT2D eigenvalue weighted by Crippen LogP contribution is 2.20. The summed E-state index contributed by atoms with van der Waals surface area (Å²) in [6.45, 7) is 3.31. The molecule has 0 saturated carbocycles. The molecule has 16 heavy (non-hydrogen) atoms. The van der Waals surface area contributed by atoms with E-state index >= 15 is 0 Å². The molecule has 0 atom stereocenters. The number of primary amides is 1. The van der Waals surface area contributed by atoms with Crippen LogP contribution in [0.15, 0.2) is 30.3 Å². The number of hydrogen-bond acceptors (Lipinski definition) is 2. The van der Waals surface area contributed by atoms with Gasteiger partial charge in [0.2, 0.25) is 11.8 Å². The van der Waals surface area contributed by atoms with Crippen molar-refractivity contribution < 1.29 is 9.59 Å². The van der Waals surface area contributed by atoms with Crippen molar-refractivity contribution in [2.45, 2.75) is 20.3 Å². The normalized spacial score (nSPS) is 10.9. The van der Waals surface area contributed by atoms with Gasteiger partial charge in [-0.05, 0) is 12.1 Å². The van der Waals surface area contributed by atoms with Crippen LogP contribution >= 0.6 is 0 Å². The third-order valence-electron chi connectivity index (χ3n) is 2.33. The molecule has 4 heteroatoms. The summed E-state index contributed by atoms with van der Waals surface area (Å²) in [6, 6.07) is 9.09. The summed E-state index contributed by atoms with van der Waals surface area (Å²) in [5.41, 5.74) is 5.09. The summed E-state index contributed by atoms with van der Waals surface area (Å²) in [7, 11) is 0. The maximum atomic E-state index is 11.6. The van der Waals surface area contributed by atoms with Gasteiger partial charge in [0.15, 0.2) is 0 Å². The summed E-state index contributed by atoms with van der Waals surface area (Å²) in [5.74, 6) is -0.689. The van der Waals surface area contributed by atoms with Crippen molar-refractivity contribution in [1.29, 1.82) is 0 Å². The lowest BCUT2D eigenvalue weighted by atomic mass is 9.88. The van der Waals surface area contributed by atoms with Gasteiger partial charge in [0.1, 0.15) is 0 Å². The average molecular weight is 220 g/mol. The third-order valence-corrected chi connectivity index (χ3v) is 2.33. The zero-order valence-electron chi connectivity index (χ0n) is 9.49. The van der Waals surface area contributed by atoms with Crippen molar-refractivity contribution in [3.8, 4) is 0 Å². The molecule has 0 bridgehead atoms. The van der Waals surface area contributed by atoms with Crippen LogP contribution in [-0.2, 0) is 9.59 Å². The van der Waals surface area contributed by atoms with Crippen molar-refractivity contribution in [3.05, 3.63) is 30.3 Å². The predicted molar refractivity (Wildman–Crippen MR) is 62.7 cm³/mol. The smallest absolute Gasteiger partial charge is 0.225 e. The van der Waals surface area contributed by atoms with E-state index in [-0.39, 0.29) is 12.3 Å². The first-order valence-corrected chi connectivity index (χ1v) is 5.06. The van der Waals surface area contributed by atoms with E-state index in [1.54, 1.807) is 26.0 Å². The highest BCUT2D eigenvalue weighted by Gasteiger charge is 2.28. The lowest BCUT2D eigenvalue weighted by Crippen LogP contribution is -2.35. The Hall–Kier alpha value is -1.84. The number of anilines is 1. The molecule has 0 saturated heterocycles. The number of nitrogens with two attached hydrogens (primary N) is 1. The van der Waals surface area contributed by atoms with E-state index in [1.165, 1.54) is 0 Å². The molecule has 4 nitrogen and oxygen atoms in total. The second kappa shape index (κ2) is 4.79. The van der Waals surface area contributed by atoms with Gasteiger partial charge in [0.05, 0.1) is 5.41 Å². The summed E-state index contributed by atoms with van der Waals surface area (Å²) in [6.07, 6.45) is 0.0806. The Morgan fingerprint density at radius 3 is 2.31 bits per heavy atom. The Morgan fingerprint density at radius 2 is 1.81 bits per heavy atom. The van der Waals surface area contributed by atoms with Gasteiger partial charge in [-0.1, -0.05) is 32.0 Å². The zero-order chi connectivity index (χ0) is 12.2. The van der Waals surface area contributed by atoms with E-state index in [0.717, 1.165) is 0 Å². The van der Waals surface area contributed by atoms with Crippen LogP contribution in [0.2, 0.25) is 0 Å². The van der Waals surface area contributed by atoms with E-state index in [2.05, 4.69) is 5.32 Å². The Morgan fingerprint density at radius 1 is 1.25 bits per heavy atom. The molecule has 0 aliphatic carbocycles. The molecule has 0 radical (unpaired) electrons. The Bertz CT molecular complexity index is 385. The molecule has 0 aliphatic heterocycles. The van der Waals surface area contributed by atoms with E-state index in [1.807, 2.05) is 18.2 Å². The van der Waals surface area contributed by atoms with Crippen LogP contribution in [0.1, 0.15) is 20.3 Å². The minimum absolute atomic E-state index is 0.0806. The second-order valence-electron chi connectivity index (χ2n) is 4.34. The first kappa shape index (κ1) is 12.2. The van der Waals surface area contributed by atoms with Gasteiger partial charge in [-0.2, -0.15) is 0 Å². The highest BCUT2D eigenvalue weighted by molar-refractivity contribution is 5.94. The van der Waals surface area contributed by atoms with Crippen LogP contribution in [0, 0.1) is 5.41 Å². The molecule has 0 heterocycles. The van der Waals surface area contributed by atoms with Crippen molar-refractivity contribution >= 4 is 17.5 Å². The summed E-state index contributed by atoms with van der Waals surface area (Å²) in [5, 5.41) is 2.71. The maximum absolute atomic E-state index is 11.6. The number of benzene rings is 1. The predicted octanol–water partition coefficient (Wildman–Crippen LogP) is 1.53. The Kier molecular flexibility index (Phi) is 3.66. The van der Waals surface area contributed by atoms with Gasteiger partial charge in [0.25, 0.3) is 0 Å². The van der Waals surface area contributed by atoms with Crippen LogP contribution in [0.5, 0.6) is 0 Å². The molecule has 86 valence electrons. The van der Waals surface area contributed by atoms with Crippen molar-refractivity contribution in [3.63, 3.8) is 0 Å². The Labute approximate surface area is 94.8 Å². The summed E-state index contributed by atoms with van der Waals surface area (Å²) in [4.78, 5) is 22.7. The fourth-order valence-electron chi connectivity index (χ4n) is 1.22. The van der Waals surface area contributed by atoms with Crippen LogP contribution < -0.4 is 11.1 Å². The average Bonchev–Trinajstić information content (AvgIpc) is 2.17. The number of nitrogens with one attached hydrogen (secondary N) is 1. The monoisotopic (exact) mass is 220 g/mol. The number of para-hydroxylation sites is 1. The summed E-state index contributed by atoms with van der Waals surface area (Å²) >= 11 is 0. The third kappa shape index (κ3) is 3.38. The van der Waals surface area contributed by atoms with Crippen molar-refractivity contribution in [2.75, 3.05) is 5.32 Å². The molecular weight excluding hydrogens is 204 g/mol. The first-order valence-electron chi connectivity index (χ1n) is 5.06. The van der Waals surface area contributed by atoms with Crippen molar-refractivity contribution in [1.82, 2.24) is 0 Å². The number of hydrogen-bond donors (Lipinski definition) is 2. The van der Waals surface area contributed by atoms with Gasteiger partial charge in [-0.3, -0.25) is 9.59 Å². The van der Waals surface area contributed by atoms with Gasteiger partial charge in [-0.15, -0.1) is 0 Å². The second-order valence-corrected chi connectivity index (χ2v) is 4.34. The molecule has 0 fully saturated rings. The minimum atomic E-state index is -0.821. The first-order chi connectivity index (χ1) is 7.42. The molecule has 2 amide bonds. The molecule has 1 aromatic carbocycles. The standard InChI is InChI=1S/C12H16N2O2/c1-12(2,11(13)16)8-10(15)14-9-6-4-3-5-7-9/h3-7H,8H2,1-2H3,(H2,13,16)(H,14,15). The topological polar surface area (TPSA) is 72.2 Å². The molecular formula is C12H16N2O2.